The second kappa shape index (κ2) is 4.11. The van der Waals surface area contributed by atoms with Crippen LogP contribution in [0, 0.1) is 11.3 Å². The maximum absolute atomic E-state index is 10.5. The fourth-order valence-electron chi connectivity index (χ4n) is 1.08. The van der Waals surface area contributed by atoms with E-state index < -0.39 is 5.97 Å². The SMILES string of the molecule is N#Cc1c(Br)cc(O)cc1CC(=O)O. The Morgan fingerprint density at radius 1 is 1.57 bits per heavy atom. The quantitative estimate of drug-likeness (QED) is 0.842. The van der Waals surface area contributed by atoms with Gasteiger partial charge in [0.25, 0.3) is 0 Å². The van der Waals surface area contributed by atoms with Gasteiger partial charge in [-0.2, -0.15) is 5.26 Å². The lowest BCUT2D eigenvalue weighted by atomic mass is 10.1. The van der Waals surface area contributed by atoms with Gasteiger partial charge in [0.1, 0.15) is 11.8 Å². The first kappa shape index (κ1) is 10.5. The first-order valence-electron chi connectivity index (χ1n) is 3.68. The summed E-state index contributed by atoms with van der Waals surface area (Å²) in [6.07, 6.45) is -0.282. The Morgan fingerprint density at radius 2 is 2.21 bits per heavy atom. The third kappa shape index (κ3) is 2.24. The highest BCUT2D eigenvalue weighted by molar-refractivity contribution is 9.10. The average molecular weight is 256 g/mol. The zero-order valence-corrected chi connectivity index (χ0v) is 8.58. The van der Waals surface area contributed by atoms with Gasteiger partial charge in [0.2, 0.25) is 0 Å². The van der Waals surface area contributed by atoms with Gasteiger partial charge in [0, 0.05) is 4.47 Å². The molecule has 72 valence electrons. The number of nitrogens with zero attached hydrogens (tertiary/aromatic N) is 1. The standard InChI is InChI=1S/C9H6BrNO3/c10-8-3-6(12)1-5(2-9(13)14)7(8)4-11/h1,3,12H,2H2,(H,13,14). The normalized spacial score (nSPS) is 9.43. The fraction of sp³-hybridized carbons (Fsp3) is 0.111. The number of phenols is 1. The third-order valence-corrected chi connectivity index (χ3v) is 2.24. The van der Waals surface area contributed by atoms with E-state index in [0.717, 1.165) is 0 Å². The van der Waals surface area contributed by atoms with Crippen LogP contribution in [0.15, 0.2) is 16.6 Å². The molecule has 0 saturated carbocycles. The maximum Gasteiger partial charge on any atom is 0.307 e. The van der Waals surface area contributed by atoms with Crippen LogP contribution < -0.4 is 0 Å². The topological polar surface area (TPSA) is 81.3 Å². The monoisotopic (exact) mass is 255 g/mol. The predicted octanol–water partition coefficient (Wildman–Crippen LogP) is 1.65. The van der Waals surface area contributed by atoms with Crippen molar-refractivity contribution in [3.8, 4) is 11.8 Å². The summed E-state index contributed by atoms with van der Waals surface area (Å²) in [5.74, 6) is -1.11. The van der Waals surface area contributed by atoms with E-state index in [4.69, 9.17) is 10.4 Å². The molecule has 4 nitrogen and oxygen atoms in total. The first-order chi connectivity index (χ1) is 6.54. The Hall–Kier alpha value is -1.54. The summed E-state index contributed by atoms with van der Waals surface area (Å²) in [5.41, 5.74) is 0.539. The maximum atomic E-state index is 10.5. The molecule has 0 amide bonds. The van der Waals surface area contributed by atoms with Gasteiger partial charge >= 0.3 is 5.97 Å². The van der Waals surface area contributed by atoms with Gasteiger partial charge in [0.05, 0.1) is 12.0 Å². The van der Waals surface area contributed by atoms with E-state index in [1.54, 1.807) is 0 Å². The molecule has 0 saturated heterocycles. The second-order valence-corrected chi connectivity index (χ2v) is 3.50. The van der Waals surface area contributed by atoms with Gasteiger partial charge in [-0.25, -0.2) is 0 Å². The van der Waals surface area contributed by atoms with E-state index in [-0.39, 0.29) is 17.7 Å². The third-order valence-electron chi connectivity index (χ3n) is 1.61. The summed E-state index contributed by atoms with van der Waals surface area (Å²) < 4.78 is 0.399. The lowest BCUT2D eigenvalue weighted by Crippen LogP contribution is -2.02. The number of benzene rings is 1. The molecule has 0 atom stereocenters. The number of hydrogen-bond acceptors (Lipinski definition) is 3. The van der Waals surface area contributed by atoms with Crippen molar-refractivity contribution in [1.29, 1.82) is 5.26 Å². The predicted molar refractivity (Wildman–Crippen MR) is 51.9 cm³/mol. The Kier molecular flexibility index (Phi) is 3.10. The van der Waals surface area contributed by atoms with Crippen LogP contribution >= 0.6 is 15.9 Å². The summed E-state index contributed by atoms with van der Waals surface area (Å²) >= 11 is 3.07. The van der Waals surface area contributed by atoms with Gasteiger partial charge in [-0.1, -0.05) is 0 Å². The molecular formula is C9H6BrNO3. The first-order valence-corrected chi connectivity index (χ1v) is 4.47. The molecule has 0 aliphatic carbocycles. The summed E-state index contributed by atoms with van der Waals surface area (Å²) in [6.45, 7) is 0. The number of carboxylic acids is 1. The number of nitriles is 1. The van der Waals surface area contributed by atoms with Crippen LogP contribution in [-0.2, 0) is 11.2 Å². The molecule has 0 aliphatic heterocycles. The molecule has 1 aromatic carbocycles. The Labute approximate surface area is 88.5 Å². The van der Waals surface area contributed by atoms with Gasteiger partial charge in [-0.05, 0) is 33.6 Å². The van der Waals surface area contributed by atoms with Crippen molar-refractivity contribution in [2.75, 3.05) is 0 Å². The van der Waals surface area contributed by atoms with E-state index in [1.165, 1.54) is 12.1 Å². The van der Waals surface area contributed by atoms with Crippen LogP contribution in [0.1, 0.15) is 11.1 Å². The van der Waals surface area contributed by atoms with Gasteiger partial charge < -0.3 is 10.2 Å². The minimum atomic E-state index is -1.04. The summed E-state index contributed by atoms with van der Waals surface area (Å²) in [7, 11) is 0. The summed E-state index contributed by atoms with van der Waals surface area (Å²) in [6, 6.07) is 4.50. The number of phenolic OH excluding ortho intramolecular Hbond substituents is 1. The summed E-state index contributed by atoms with van der Waals surface area (Å²) in [4.78, 5) is 10.5. The Bertz CT molecular complexity index is 423. The minimum absolute atomic E-state index is 0.0628. The molecule has 0 radical (unpaired) electrons. The number of carboxylic acid groups (broad SMARTS) is 1. The number of halogens is 1. The van der Waals surface area contributed by atoms with Crippen molar-refractivity contribution in [3.63, 3.8) is 0 Å². The van der Waals surface area contributed by atoms with Crippen molar-refractivity contribution in [1.82, 2.24) is 0 Å². The molecule has 0 unspecified atom stereocenters. The van der Waals surface area contributed by atoms with Crippen LogP contribution in [0.5, 0.6) is 5.75 Å². The van der Waals surface area contributed by atoms with Crippen LogP contribution in [0.3, 0.4) is 0 Å². The molecule has 0 spiro atoms. The molecule has 1 rings (SSSR count). The molecule has 0 fully saturated rings. The van der Waals surface area contributed by atoms with Crippen LogP contribution in [0.2, 0.25) is 0 Å². The van der Waals surface area contributed by atoms with E-state index in [9.17, 15) is 9.90 Å². The van der Waals surface area contributed by atoms with Crippen molar-refractivity contribution in [3.05, 3.63) is 27.7 Å². The zero-order chi connectivity index (χ0) is 10.7. The number of hydrogen-bond donors (Lipinski definition) is 2. The molecule has 1 aromatic rings. The molecule has 0 aliphatic rings. The number of carbonyl (C=O) groups is 1. The van der Waals surface area contributed by atoms with Crippen molar-refractivity contribution >= 4 is 21.9 Å². The summed E-state index contributed by atoms with van der Waals surface area (Å²) in [5, 5.41) is 26.5. The molecule has 0 bridgehead atoms. The highest BCUT2D eigenvalue weighted by atomic mass is 79.9. The van der Waals surface area contributed by atoms with Crippen LogP contribution in [-0.4, -0.2) is 16.2 Å². The van der Waals surface area contributed by atoms with Crippen molar-refractivity contribution in [2.24, 2.45) is 0 Å². The highest BCUT2D eigenvalue weighted by Gasteiger charge is 2.11. The minimum Gasteiger partial charge on any atom is -0.508 e. The van der Waals surface area contributed by atoms with E-state index in [0.29, 0.717) is 10.0 Å². The number of aromatic hydroxyl groups is 1. The smallest absolute Gasteiger partial charge is 0.307 e. The highest BCUT2D eigenvalue weighted by Crippen LogP contribution is 2.26. The Morgan fingerprint density at radius 3 is 2.71 bits per heavy atom. The van der Waals surface area contributed by atoms with E-state index >= 15 is 0 Å². The fourth-order valence-corrected chi connectivity index (χ4v) is 1.65. The molecule has 0 aromatic heterocycles. The van der Waals surface area contributed by atoms with Gasteiger partial charge in [-0.15, -0.1) is 0 Å². The molecule has 0 heterocycles. The molecule has 2 N–H and O–H groups in total. The van der Waals surface area contributed by atoms with E-state index in [1.807, 2.05) is 6.07 Å². The molecular weight excluding hydrogens is 250 g/mol. The Balaban J connectivity index is 3.26. The van der Waals surface area contributed by atoms with Gasteiger partial charge in [0.15, 0.2) is 0 Å². The van der Waals surface area contributed by atoms with Crippen LogP contribution in [0.25, 0.3) is 0 Å². The second-order valence-electron chi connectivity index (χ2n) is 2.64. The van der Waals surface area contributed by atoms with Crippen molar-refractivity contribution < 1.29 is 15.0 Å². The number of rotatable bonds is 2. The largest absolute Gasteiger partial charge is 0.508 e. The lowest BCUT2D eigenvalue weighted by Gasteiger charge is -2.03. The van der Waals surface area contributed by atoms with Crippen molar-refractivity contribution in [2.45, 2.75) is 6.42 Å². The van der Waals surface area contributed by atoms with Gasteiger partial charge in [-0.3, -0.25) is 4.79 Å². The lowest BCUT2D eigenvalue weighted by molar-refractivity contribution is -0.136. The molecule has 14 heavy (non-hydrogen) atoms. The number of aliphatic carboxylic acids is 1. The average Bonchev–Trinajstić information content (AvgIpc) is 2.01. The van der Waals surface area contributed by atoms with Crippen LogP contribution in [0.4, 0.5) is 0 Å². The molecule has 5 heteroatoms. The zero-order valence-electron chi connectivity index (χ0n) is 6.99. The van der Waals surface area contributed by atoms with E-state index in [2.05, 4.69) is 15.9 Å².